The fourth-order valence-corrected chi connectivity index (χ4v) is 2.98. The van der Waals surface area contributed by atoms with Gasteiger partial charge in [0.2, 0.25) is 0 Å². The largest absolute Gasteiger partial charge is 0.508 e. The van der Waals surface area contributed by atoms with E-state index in [-0.39, 0.29) is 11.5 Å². The Bertz CT molecular complexity index is 845. The van der Waals surface area contributed by atoms with Crippen molar-refractivity contribution in [2.45, 2.75) is 20.8 Å². The molecule has 0 aliphatic carbocycles. The number of rotatable bonds is 2. The van der Waals surface area contributed by atoms with E-state index in [1.165, 1.54) is 11.1 Å². The van der Waals surface area contributed by atoms with Crippen LogP contribution >= 0.6 is 0 Å². The second-order valence-corrected chi connectivity index (χ2v) is 5.84. The van der Waals surface area contributed by atoms with Crippen molar-refractivity contribution >= 4 is 0 Å². The van der Waals surface area contributed by atoms with Gasteiger partial charge in [0.1, 0.15) is 11.5 Å². The molecule has 0 saturated heterocycles. The SMILES string of the molecule is Cc1[c]c(-c2ccc(O)cc2)c(C)c(C)c1-c1ccc(O)cc1. The zero-order chi connectivity index (χ0) is 16.6. The molecule has 0 atom stereocenters. The number of hydrogen-bond donors (Lipinski definition) is 2. The number of benzene rings is 3. The summed E-state index contributed by atoms with van der Waals surface area (Å²) in [5.41, 5.74) is 7.78. The summed E-state index contributed by atoms with van der Waals surface area (Å²) in [5, 5.41) is 19.0. The Morgan fingerprint density at radius 3 is 1.65 bits per heavy atom. The predicted octanol–water partition coefficient (Wildman–Crippen LogP) is 5.16. The minimum absolute atomic E-state index is 0.264. The molecule has 0 unspecified atom stereocenters. The van der Waals surface area contributed by atoms with Crippen molar-refractivity contribution < 1.29 is 10.2 Å². The van der Waals surface area contributed by atoms with Gasteiger partial charge in [-0.3, -0.25) is 0 Å². The molecule has 2 heteroatoms. The molecule has 0 spiro atoms. The molecule has 0 aliphatic rings. The fourth-order valence-electron chi connectivity index (χ4n) is 2.98. The molecule has 0 amide bonds. The first-order valence-corrected chi connectivity index (χ1v) is 7.59. The summed E-state index contributed by atoms with van der Waals surface area (Å²) in [6, 6.07) is 18.0. The summed E-state index contributed by atoms with van der Waals surface area (Å²) >= 11 is 0. The standard InChI is InChI=1S/C21H19O2/c1-13-12-20(16-4-8-18(22)9-5-16)14(2)15(3)21(13)17-6-10-19(23)11-7-17/h4-11,22-23H,1-3H3. The third-order valence-electron chi connectivity index (χ3n) is 4.31. The monoisotopic (exact) mass is 303 g/mol. The summed E-state index contributed by atoms with van der Waals surface area (Å²) in [7, 11) is 0. The van der Waals surface area contributed by atoms with E-state index in [9.17, 15) is 10.2 Å². The van der Waals surface area contributed by atoms with E-state index in [2.05, 4.69) is 26.8 Å². The van der Waals surface area contributed by atoms with E-state index in [4.69, 9.17) is 0 Å². The quantitative estimate of drug-likeness (QED) is 0.686. The van der Waals surface area contributed by atoms with Gasteiger partial charge in [0.25, 0.3) is 0 Å². The van der Waals surface area contributed by atoms with Crippen molar-refractivity contribution in [3.63, 3.8) is 0 Å². The maximum Gasteiger partial charge on any atom is 0.115 e. The zero-order valence-corrected chi connectivity index (χ0v) is 13.5. The van der Waals surface area contributed by atoms with Gasteiger partial charge in [-0.15, -0.1) is 0 Å². The van der Waals surface area contributed by atoms with E-state index in [0.29, 0.717) is 0 Å². The highest BCUT2D eigenvalue weighted by molar-refractivity contribution is 5.79. The van der Waals surface area contributed by atoms with Crippen LogP contribution < -0.4 is 0 Å². The smallest absolute Gasteiger partial charge is 0.115 e. The maximum absolute atomic E-state index is 9.48. The first-order chi connectivity index (χ1) is 11.0. The normalized spacial score (nSPS) is 10.7. The van der Waals surface area contributed by atoms with Crippen LogP contribution in [0.15, 0.2) is 48.5 Å². The van der Waals surface area contributed by atoms with Crippen molar-refractivity contribution in [3.05, 3.63) is 71.3 Å². The van der Waals surface area contributed by atoms with Crippen molar-refractivity contribution in [1.82, 2.24) is 0 Å². The molecule has 115 valence electrons. The van der Waals surface area contributed by atoms with Gasteiger partial charge in [-0.25, -0.2) is 0 Å². The molecular weight excluding hydrogens is 284 g/mol. The topological polar surface area (TPSA) is 40.5 Å². The molecule has 2 N–H and O–H groups in total. The second-order valence-electron chi connectivity index (χ2n) is 5.84. The van der Waals surface area contributed by atoms with Crippen LogP contribution in [0, 0.1) is 26.8 Å². The molecule has 0 aromatic heterocycles. The lowest BCUT2D eigenvalue weighted by Crippen LogP contribution is -1.96. The van der Waals surface area contributed by atoms with Gasteiger partial charge in [0.15, 0.2) is 0 Å². The molecule has 0 aliphatic heterocycles. The minimum atomic E-state index is 0.264. The summed E-state index contributed by atoms with van der Waals surface area (Å²) in [4.78, 5) is 0. The Labute approximate surface area is 136 Å². The number of phenolic OH excluding ortho intramolecular Hbond substituents is 2. The summed E-state index contributed by atoms with van der Waals surface area (Å²) < 4.78 is 0. The lowest BCUT2D eigenvalue weighted by atomic mass is 9.87. The Morgan fingerprint density at radius 1 is 0.652 bits per heavy atom. The van der Waals surface area contributed by atoms with Crippen molar-refractivity contribution in [2.75, 3.05) is 0 Å². The number of phenols is 2. The third-order valence-corrected chi connectivity index (χ3v) is 4.31. The molecule has 3 rings (SSSR count). The van der Waals surface area contributed by atoms with Crippen LogP contribution in [0.3, 0.4) is 0 Å². The Morgan fingerprint density at radius 2 is 1.13 bits per heavy atom. The van der Waals surface area contributed by atoms with E-state index in [1.807, 2.05) is 24.3 Å². The highest BCUT2D eigenvalue weighted by atomic mass is 16.3. The van der Waals surface area contributed by atoms with Gasteiger partial charge in [-0.2, -0.15) is 0 Å². The second kappa shape index (κ2) is 5.81. The van der Waals surface area contributed by atoms with Crippen LogP contribution in [0.2, 0.25) is 0 Å². The fraction of sp³-hybridized carbons (Fsp3) is 0.143. The lowest BCUT2D eigenvalue weighted by molar-refractivity contribution is 0.475. The van der Waals surface area contributed by atoms with Gasteiger partial charge >= 0.3 is 0 Å². The summed E-state index contributed by atoms with van der Waals surface area (Å²) in [5.74, 6) is 0.533. The van der Waals surface area contributed by atoms with Crippen LogP contribution in [0.1, 0.15) is 16.7 Å². The van der Waals surface area contributed by atoms with Crippen molar-refractivity contribution in [2.24, 2.45) is 0 Å². The highest BCUT2D eigenvalue weighted by Crippen LogP contribution is 2.36. The molecule has 0 heterocycles. The van der Waals surface area contributed by atoms with Gasteiger partial charge < -0.3 is 10.2 Å². The van der Waals surface area contributed by atoms with E-state index in [1.54, 1.807) is 24.3 Å². The summed E-state index contributed by atoms with van der Waals surface area (Å²) in [6.45, 7) is 6.26. The third kappa shape index (κ3) is 2.80. The maximum atomic E-state index is 9.48. The van der Waals surface area contributed by atoms with E-state index < -0.39 is 0 Å². The zero-order valence-electron chi connectivity index (χ0n) is 13.5. The number of aryl methyl sites for hydroxylation is 1. The molecule has 0 saturated carbocycles. The Hall–Kier alpha value is -2.74. The van der Waals surface area contributed by atoms with Crippen LogP contribution in [-0.2, 0) is 0 Å². The van der Waals surface area contributed by atoms with Crippen LogP contribution in [0.5, 0.6) is 11.5 Å². The Balaban J connectivity index is 2.17. The number of hydrogen-bond acceptors (Lipinski definition) is 2. The molecule has 2 nitrogen and oxygen atoms in total. The minimum Gasteiger partial charge on any atom is -0.508 e. The van der Waals surface area contributed by atoms with E-state index in [0.717, 1.165) is 27.8 Å². The molecule has 23 heavy (non-hydrogen) atoms. The average molecular weight is 303 g/mol. The van der Waals surface area contributed by atoms with Gasteiger partial charge in [0.05, 0.1) is 0 Å². The lowest BCUT2D eigenvalue weighted by Gasteiger charge is -2.17. The van der Waals surface area contributed by atoms with E-state index >= 15 is 0 Å². The summed E-state index contributed by atoms with van der Waals surface area (Å²) in [6.07, 6.45) is 0. The van der Waals surface area contributed by atoms with Crippen LogP contribution in [0.4, 0.5) is 0 Å². The molecule has 1 radical (unpaired) electrons. The van der Waals surface area contributed by atoms with Crippen molar-refractivity contribution in [3.8, 4) is 33.8 Å². The van der Waals surface area contributed by atoms with Gasteiger partial charge in [-0.1, -0.05) is 24.3 Å². The molecule has 3 aromatic carbocycles. The number of aromatic hydroxyl groups is 2. The van der Waals surface area contributed by atoms with Gasteiger partial charge in [0, 0.05) is 0 Å². The molecule has 0 fully saturated rings. The predicted molar refractivity (Wildman–Crippen MR) is 93.7 cm³/mol. The first kappa shape index (κ1) is 15.2. The first-order valence-electron chi connectivity index (χ1n) is 7.59. The van der Waals surface area contributed by atoms with Crippen LogP contribution in [-0.4, -0.2) is 10.2 Å². The molecule has 3 aromatic rings. The van der Waals surface area contributed by atoms with Crippen molar-refractivity contribution in [1.29, 1.82) is 0 Å². The van der Waals surface area contributed by atoms with Gasteiger partial charge in [-0.05, 0) is 90.0 Å². The molecule has 0 bridgehead atoms. The Kier molecular flexibility index (Phi) is 3.83. The highest BCUT2D eigenvalue weighted by Gasteiger charge is 2.13. The van der Waals surface area contributed by atoms with Crippen LogP contribution in [0.25, 0.3) is 22.3 Å². The average Bonchev–Trinajstić information content (AvgIpc) is 2.54. The molecular formula is C21H19O2.